The number of nitrogens with one attached hydrogen (secondary N) is 2. The molecule has 0 atom stereocenters. The number of nitrogens with zero attached hydrogens (tertiary/aromatic N) is 2. The minimum Gasteiger partial charge on any atom is -0.494 e. The van der Waals surface area contributed by atoms with E-state index in [1.165, 1.54) is 6.26 Å². The molecule has 0 spiro atoms. The summed E-state index contributed by atoms with van der Waals surface area (Å²) < 4.78 is 6.05. The lowest BCUT2D eigenvalue weighted by Gasteiger charge is -2.07. The van der Waals surface area contributed by atoms with Crippen LogP contribution < -0.4 is 16.7 Å². The summed E-state index contributed by atoms with van der Waals surface area (Å²) in [5, 5.41) is 13.8. The van der Waals surface area contributed by atoms with Crippen LogP contribution in [-0.2, 0) is 11.3 Å². The fraction of sp³-hybridized carbons (Fsp3) is 0.333. The molecule has 0 bridgehead atoms. The summed E-state index contributed by atoms with van der Waals surface area (Å²) in [4.78, 5) is 37.2. The first-order valence-corrected chi connectivity index (χ1v) is 7.43. The van der Waals surface area contributed by atoms with Crippen molar-refractivity contribution < 1.29 is 14.3 Å². The normalized spacial score (nSPS) is 11.0. The minimum atomic E-state index is -0.806. The van der Waals surface area contributed by atoms with Gasteiger partial charge in [0, 0.05) is 6.42 Å². The van der Waals surface area contributed by atoms with Gasteiger partial charge < -0.3 is 9.52 Å². The molecule has 9 heteroatoms. The van der Waals surface area contributed by atoms with Gasteiger partial charge in [0.05, 0.1) is 19.0 Å². The van der Waals surface area contributed by atoms with E-state index in [9.17, 15) is 19.5 Å². The third-order valence-electron chi connectivity index (χ3n) is 3.24. The van der Waals surface area contributed by atoms with E-state index >= 15 is 0 Å². The van der Waals surface area contributed by atoms with Gasteiger partial charge in [-0.1, -0.05) is 13.3 Å². The average molecular weight is 334 g/mol. The Labute approximate surface area is 136 Å². The highest BCUT2D eigenvalue weighted by atomic mass is 16.3. The van der Waals surface area contributed by atoms with Crippen LogP contribution in [0.25, 0.3) is 0 Å². The number of aromatic nitrogens is 2. The maximum absolute atomic E-state index is 11.8. The van der Waals surface area contributed by atoms with Crippen LogP contribution in [0, 0.1) is 0 Å². The topological polar surface area (TPSA) is 130 Å². The number of carbonyl (C=O) groups excluding carboxylic acids is 1. The second-order valence-electron chi connectivity index (χ2n) is 5.06. The molecule has 0 aliphatic rings. The summed E-state index contributed by atoms with van der Waals surface area (Å²) in [6.45, 7) is 1.90. The van der Waals surface area contributed by atoms with Crippen molar-refractivity contribution >= 4 is 12.1 Å². The number of furan rings is 1. The number of carbonyl (C=O) groups is 1. The summed E-state index contributed by atoms with van der Waals surface area (Å²) in [7, 11) is 0. The molecule has 0 saturated heterocycles. The number of aromatic amines is 1. The first-order valence-electron chi connectivity index (χ1n) is 7.43. The minimum absolute atomic E-state index is 0.0574. The maximum atomic E-state index is 11.8. The fourth-order valence-electron chi connectivity index (χ4n) is 1.96. The zero-order valence-electron chi connectivity index (χ0n) is 13.1. The van der Waals surface area contributed by atoms with E-state index in [0.717, 1.165) is 23.6 Å². The van der Waals surface area contributed by atoms with Crippen LogP contribution in [0.15, 0.2) is 37.5 Å². The molecule has 128 valence electrons. The van der Waals surface area contributed by atoms with Crippen LogP contribution in [0.5, 0.6) is 5.88 Å². The predicted molar refractivity (Wildman–Crippen MR) is 86.1 cm³/mol. The summed E-state index contributed by atoms with van der Waals surface area (Å²) in [6.07, 6.45) is 4.33. The van der Waals surface area contributed by atoms with E-state index < -0.39 is 17.1 Å². The fourth-order valence-corrected chi connectivity index (χ4v) is 1.96. The van der Waals surface area contributed by atoms with Gasteiger partial charge in [0.2, 0.25) is 11.8 Å². The highest BCUT2D eigenvalue weighted by Gasteiger charge is 2.14. The van der Waals surface area contributed by atoms with E-state index in [1.54, 1.807) is 12.1 Å². The number of H-pyrrole nitrogens is 1. The molecule has 2 rings (SSSR count). The number of rotatable bonds is 7. The number of hydrazone groups is 1. The number of unbranched alkanes of at least 4 members (excludes halogenated alkanes) is 1. The molecule has 0 unspecified atom stereocenters. The zero-order valence-corrected chi connectivity index (χ0v) is 13.1. The Morgan fingerprint density at radius 1 is 1.50 bits per heavy atom. The van der Waals surface area contributed by atoms with E-state index in [0.29, 0.717) is 12.2 Å². The van der Waals surface area contributed by atoms with E-state index in [1.807, 2.05) is 6.92 Å². The Morgan fingerprint density at radius 2 is 2.29 bits per heavy atom. The number of hydrogen-bond acceptors (Lipinski definition) is 6. The van der Waals surface area contributed by atoms with Crippen molar-refractivity contribution in [2.45, 2.75) is 32.7 Å². The summed E-state index contributed by atoms with van der Waals surface area (Å²) in [5.41, 5.74) is 0.436. The molecule has 0 aromatic carbocycles. The van der Waals surface area contributed by atoms with E-state index in [4.69, 9.17) is 4.42 Å². The molecule has 0 radical (unpaired) electrons. The van der Waals surface area contributed by atoms with Crippen LogP contribution in [0.3, 0.4) is 0 Å². The van der Waals surface area contributed by atoms with Crippen molar-refractivity contribution in [1.29, 1.82) is 0 Å². The summed E-state index contributed by atoms with van der Waals surface area (Å²) in [5.74, 6) is -0.435. The van der Waals surface area contributed by atoms with Crippen molar-refractivity contribution in [3.05, 3.63) is 50.6 Å². The van der Waals surface area contributed by atoms with Gasteiger partial charge in [0.15, 0.2) is 0 Å². The molecule has 0 aliphatic heterocycles. The van der Waals surface area contributed by atoms with Crippen molar-refractivity contribution in [2.75, 3.05) is 0 Å². The van der Waals surface area contributed by atoms with Crippen molar-refractivity contribution in [3.8, 4) is 5.88 Å². The highest BCUT2D eigenvalue weighted by Crippen LogP contribution is 2.11. The number of hydrogen-bond donors (Lipinski definition) is 3. The quantitative estimate of drug-likeness (QED) is 0.502. The first-order chi connectivity index (χ1) is 11.5. The molecular weight excluding hydrogens is 316 g/mol. The summed E-state index contributed by atoms with van der Waals surface area (Å²) >= 11 is 0. The molecule has 0 aliphatic carbocycles. The van der Waals surface area contributed by atoms with Crippen LogP contribution in [0.1, 0.15) is 37.5 Å². The van der Waals surface area contributed by atoms with E-state index in [2.05, 4.69) is 15.5 Å². The molecule has 3 N–H and O–H groups in total. The molecule has 24 heavy (non-hydrogen) atoms. The van der Waals surface area contributed by atoms with Crippen LogP contribution in [-0.4, -0.2) is 26.8 Å². The lowest BCUT2D eigenvalue weighted by Crippen LogP contribution is -2.32. The van der Waals surface area contributed by atoms with Crippen molar-refractivity contribution in [2.24, 2.45) is 5.10 Å². The third-order valence-corrected chi connectivity index (χ3v) is 3.24. The molecule has 2 aromatic heterocycles. The number of aromatic hydroxyl groups is 1. The lowest BCUT2D eigenvalue weighted by molar-refractivity contribution is -0.121. The second-order valence-corrected chi connectivity index (χ2v) is 5.06. The zero-order chi connectivity index (χ0) is 17.5. The van der Waals surface area contributed by atoms with Gasteiger partial charge in [-0.05, 0) is 18.6 Å². The third kappa shape index (κ3) is 4.22. The Hall–Kier alpha value is -3.10. The standard InChI is InChI=1S/C15H18N4O5/c1-2-3-6-12(20)18-16-8-11-13(21)17-15(23)19(14(11)22)9-10-5-4-7-24-10/h4-5,7-8,22H,2-3,6,9H2,1H3,(H,18,20)(H,17,21,23). The Morgan fingerprint density at radius 3 is 2.96 bits per heavy atom. The highest BCUT2D eigenvalue weighted by molar-refractivity contribution is 5.83. The molecule has 2 aromatic rings. The van der Waals surface area contributed by atoms with Gasteiger partial charge in [0.1, 0.15) is 11.3 Å². The smallest absolute Gasteiger partial charge is 0.331 e. The molecule has 9 nitrogen and oxygen atoms in total. The van der Waals surface area contributed by atoms with Gasteiger partial charge in [-0.3, -0.25) is 19.1 Å². The van der Waals surface area contributed by atoms with Crippen LogP contribution in [0.4, 0.5) is 0 Å². The molecule has 0 fully saturated rings. The Kier molecular flexibility index (Phi) is 5.72. The molecular formula is C15H18N4O5. The average Bonchev–Trinajstić information content (AvgIpc) is 3.05. The van der Waals surface area contributed by atoms with Gasteiger partial charge >= 0.3 is 5.69 Å². The second kappa shape index (κ2) is 7.95. The monoisotopic (exact) mass is 334 g/mol. The van der Waals surface area contributed by atoms with E-state index in [-0.39, 0.29) is 18.0 Å². The largest absolute Gasteiger partial charge is 0.494 e. The van der Waals surface area contributed by atoms with Gasteiger partial charge in [-0.2, -0.15) is 5.10 Å². The van der Waals surface area contributed by atoms with Crippen molar-refractivity contribution in [3.63, 3.8) is 0 Å². The van der Waals surface area contributed by atoms with Gasteiger partial charge in [-0.25, -0.2) is 10.2 Å². The van der Waals surface area contributed by atoms with Gasteiger partial charge in [0.25, 0.3) is 5.56 Å². The first kappa shape index (κ1) is 17.3. The number of amides is 1. The molecule has 0 saturated carbocycles. The van der Waals surface area contributed by atoms with Crippen molar-refractivity contribution in [1.82, 2.24) is 15.0 Å². The summed E-state index contributed by atoms with van der Waals surface area (Å²) in [6, 6.07) is 3.26. The van der Waals surface area contributed by atoms with Gasteiger partial charge in [-0.15, -0.1) is 0 Å². The molecule has 2 heterocycles. The van der Waals surface area contributed by atoms with Crippen LogP contribution >= 0.6 is 0 Å². The van der Waals surface area contributed by atoms with Crippen LogP contribution in [0.2, 0.25) is 0 Å². The SMILES string of the molecule is CCCCC(=O)NN=Cc1c(O)n(Cc2ccco2)c(=O)[nH]c1=O. The molecule has 1 amide bonds. The predicted octanol–water partition coefficient (Wildman–Crippen LogP) is 0.524. The maximum Gasteiger partial charge on any atom is 0.331 e. The Bertz CT molecular complexity index is 833. The Balaban J connectivity index is 2.22. The lowest BCUT2D eigenvalue weighted by atomic mass is 10.2.